The minimum absolute atomic E-state index is 0.0970. The molecule has 1 aliphatic heterocycles. The normalized spacial score (nSPS) is 14.6. The number of carbonyl (C=O) groups is 2. The predicted molar refractivity (Wildman–Crippen MR) is 99.7 cm³/mol. The molecule has 2 aromatic rings. The van der Waals surface area contributed by atoms with Gasteiger partial charge in [0.1, 0.15) is 0 Å². The Kier molecular flexibility index (Phi) is 4.88. The molecule has 0 spiro atoms. The van der Waals surface area contributed by atoms with Crippen LogP contribution in [-0.2, 0) is 11.2 Å². The van der Waals surface area contributed by atoms with Crippen LogP contribution in [0.4, 0.5) is 5.69 Å². The molecule has 4 nitrogen and oxygen atoms in total. The average Bonchev–Trinajstić information content (AvgIpc) is 3.01. The van der Waals surface area contributed by atoms with Crippen LogP contribution in [0.3, 0.4) is 0 Å². The Morgan fingerprint density at radius 1 is 1.08 bits per heavy atom. The van der Waals surface area contributed by atoms with Crippen molar-refractivity contribution >= 4 is 17.5 Å². The van der Waals surface area contributed by atoms with Crippen LogP contribution >= 0.6 is 0 Å². The quantitative estimate of drug-likeness (QED) is 0.907. The molecule has 0 bridgehead atoms. The molecule has 0 unspecified atom stereocenters. The van der Waals surface area contributed by atoms with E-state index < -0.39 is 0 Å². The van der Waals surface area contributed by atoms with E-state index in [2.05, 4.69) is 17.4 Å². The largest absolute Gasteiger partial charge is 0.347 e. The zero-order valence-electron chi connectivity index (χ0n) is 14.8. The van der Waals surface area contributed by atoms with E-state index in [1.807, 2.05) is 44.2 Å². The van der Waals surface area contributed by atoms with Gasteiger partial charge in [-0.05, 0) is 56.5 Å². The molecule has 1 saturated heterocycles. The van der Waals surface area contributed by atoms with Gasteiger partial charge in [-0.25, -0.2) is 0 Å². The van der Waals surface area contributed by atoms with E-state index >= 15 is 0 Å². The summed E-state index contributed by atoms with van der Waals surface area (Å²) < 4.78 is 0. The molecule has 0 aliphatic carbocycles. The number of amides is 2. The summed E-state index contributed by atoms with van der Waals surface area (Å²) in [7, 11) is 0. The summed E-state index contributed by atoms with van der Waals surface area (Å²) in [5, 5.41) is 3.10. The zero-order valence-corrected chi connectivity index (χ0v) is 14.8. The second-order valence-corrected chi connectivity index (χ2v) is 7.20. The van der Waals surface area contributed by atoms with Crippen molar-refractivity contribution in [3.05, 3.63) is 65.7 Å². The Morgan fingerprint density at radius 2 is 1.76 bits per heavy atom. The Bertz CT molecular complexity index is 751. The number of carbonyl (C=O) groups excluding carboxylic acids is 2. The van der Waals surface area contributed by atoms with Crippen LogP contribution in [0.5, 0.6) is 0 Å². The molecular formula is C21H24N2O2. The van der Waals surface area contributed by atoms with Crippen LogP contribution in [0.1, 0.15) is 42.6 Å². The van der Waals surface area contributed by atoms with Gasteiger partial charge < -0.3 is 10.2 Å². The van der Waals surface area contributed by atoms with Crippen molar-refractivity contribution < 1.29 is 9.59 Å². The summed E-state index contributed by atoms with van der Waals surface area (Å²) in [5.74, 6) is 0.0569. The SMILES string of the molecule is CC(C)(Cc1ccccc1)NC(=O)c1ccc(N2CCCC2=O)cc1. The Hall–Kier alpha value is -2.62. The van der Waals surface area contributed by atoms with Crippen molar-refractivity contribution in [2.24, 2.45) is 0 Å². The lowest BCUT2D eigenvalue weighted by Gasteiger charge is -2.26. The number of nitrogens with zero attached hydrogens (tertiary/aromatic N) is 1. The molecule has 0 aromatic heterocycles. The standard InChI is InChI=1S/C21H24N2O2/c1-21(2,15-16-7-4-3-5-8-16)22-20(25)17-10-12-18(13-11-17)23-14-6-9-19(23)24/h3-5,7-8,10-13H,6,9,14-15H2,1-2H3,(H,22,25). The molecule has 2 amide bonds. The molecule has 1 aliphatic rings. The van der Waals surface area contributed by atoms with E-state index in [9.17, 15) is 9.59 Å². The van der Waals surface area contributed by atoms with Gasteiger partial charge in [-0.15, -0.1) is 0 Å². The van der Waals surface area contributed by atoms with Crippen molar-refractivity contribution in [2.75, 3.05) is 11.4 Å². The number of benzene rings is 2. The monoisotopic (exact) mass is 336 g/mol. The smallest absolute Gasteiger partial charge is 0.251 e. The fourth-order valence-electron chi connectivity index (χ4n) is 3.24. The molecule has 25 heavy (non-hydrogen) atoms. The highest BCUT2D eigenvalue weighted by molar-refractivity contribution is 5.97. The molecule has 0 saturated carbocycles. The lowest BCUT2D eigenvalue weighted by molar-refractivity contribution is -0.117. The van der Waals surface area contributed by atoms with E-state index in [-0.39, 0.29) is 17.4 Å². The van der Waals surface area contributed by atoms with Gasteiger partial charge in [-0.3, -0.25) is 9.59 Å². The van der Waals surface area contributed by atoms with Crippen molar-refractivity contribution in [2.45, 2.75) is 38.6 Å². The number of hydrogen-bond donors (Lipinski definition) is 1. The van der Waals surface area contributed by atoms with E-state index in [1.165, 1.54) is 5.56 Å². The van der Waals surface area contributed by atoms with E-state index in [0.717, 1.165) is 25.1 Å². The molecular weight excluding hydrogens is 312 g/mol. The fourth-order valence-corrected chi connectivity index (χ4v) is 3.24. The lowest BCUT2D eigenvalue weighted by Crippen LogP contribution is -2.45. The topological polar surface area (TPSA) is 49.4 Å². The minimum Gasteiger partial charge on any atom is -0.347 e. The average molecular weight is 336 g/mol. The summed E-state index contributed by atoms with van der Waals surface area (Å²) in [6, 6.07) is 17.4. The predicted octanol–water partition coefficient (Wildman–Crippen LogP) is 3.56. The van der Waals surface area contributed by atoms with Gasteiger partial charge in [-0.1, -0.05) is 30.3 Å². The van der Waals surface area contributed by atoms with Crippen molar-refractivity contribution in [3.8, 4) is 0 Å². The molecule has 130 valence electrons. The van der Waals surface area contributed by atoms with Gasteiger partial charge in [0.25, 0.3) is 5.91 Å². The third kappa shape index (κ3) is 4.27. The lowest BCUT2D eigenvalue weighted by atomic mass is 9.94. The Balaban J connectivity index is 1.65. The van der Waals surface area contributed by atoms with Gasteiger partial charge in [0, 0.05) is 29.8 Å². The first kappa shape index (κ1) is 17.2. The second kappa shape index (κ2) is 7.09. The second-order valence-electron chi connectivity index (χ2n) is 7.20. The summed E-state index contributed by atoms with van der Waals surface area (Å²) in [6.45, 7) is 4.80. The van der Waals surface area contributed by atoms with E-state index in [1.54, 1.807) is 17.0 Å². The summed E-state index contributed by atoms with van der Waals surface area (Å²) in [5.41, 5.74) is 2.32. The minimum atomic E-state index is -0.345. The van der Waals surface area contributed by atoms with Crippen molar-refractivity contribution in [1.29, 1.82) is 0 Å². The fraction of sp³-hybridized carbons (Fsp3) is 0.333. The molecule has 4 heteroatoms. The molecule has 3 rings (SSSR count). The molecule has 0 radical (unpaired) electrons. The summed E-state index contributed by atoms with van der Waals surface area (Å²) >= 11 is 0. The first-order chi connectivity index (χ1) is 11.9. The molecule has 2 aromatic carbocycles. The van der Waals surface area contributed by atoms with Crippen LogP contribution in [0.25, 0.3) is 0 Å². The third-order valence-corrected chi connectivity index (χ3v) is 4.46. The van der Waals surface area contributed by atoms with Crippen molar-refractivity contribution in [3.63, 3.8) is 0 Å². The molecule has 1 heterocycles. The molecule has 1 fully saturated rings. The third-order valence-electron chi connectivity index (χ3n) is 4.46. The number of rotatable bonds is 5. The number of anilines is 1. The maximum Gasteiger partial charge on any atom is 0.251 e. The summed E-state index contributed by atoms with van der Waals surface area (Å²) in [4.78, 5) is 26.1. The highest BCUT2D eigenvalue weighted by atomic mass is 16.2. The van der Waals surface area contributed by atoms with Crippen LogP contribution in [0.2, 0.25) is 0 Å². The van der Waals surface area contributed by atoms with Gasteiger partial charge >= 0.3 is 0 Å². The highest BCUT2D eigenvalue weighted by Gasteiger charge is 2.23. The van der Waals surface area contributed by atoms with Gasteiger partial charge in [-0.2, -0.15) is 0 Å². The van der Waals surface area contributed by atoms with Gasteiger partial charge in [0.05, 0.1) is 0 Å². The van der Waals surface area contributed by atoms with Crippen LogP contribution in [0.15, 0.2) is 54.6 Å². The van der Waals surface area contributed by atoms with Gasteiger partial charge in [0.15, 0.2) is 0 Å². The van der Waals surface area contributed by atoms with Crippen LogP contribution in [-0.4, -0.2) is 23.9 Å². The maximum atomic E-state index is 12.6. The number of nitrogens with one attached hydrogen (secondary N) is 1. The van der Waals surface area contributed by atoms with E-state index in [0.29, 0.717) is 12.0 Å². The zero-order chi connectivity index (χ0) is 17.9. The van der Waals surface area contributed by atoms with E-state index in [4.69, 9.17) is 0 Å². The Labute approximate surface area is 148 Å². The van der Waals surface area contributed by atoms with Crippen LogP contribution < -0.4 is 10.2 Å². The number of hydrogen-bond acceptors (Lipinski definition) is 2. The summed E-state index contributed by atoms with van der Waals surface area (Å²) in [6.07, 6.45) is 2.27. The molecule has 1 N–H and O–H groups in total. The highest BCUT2D eigenvalue weighted by Crippen LogP contribution is 2.22. The maximum absolute atomic E-state index is 12.6. The molecule has 0 atom stereocenters. The van der Waals surface area contributed by atoms with Gasteiger partial charge in [0.2, 0.25) is 5.91 Å². The first-order valence-corrected chi connectivity index (χ1v) is 8.71. The first-order valence-electron chi connectivity index (χ1n) is 8.71. The van der Waals surface area contributed by atoms with Crippen molar-refractivity contribution in [1.82, 2.24) is 5.32 Å². The Morgan fingerprint density at radius 3 is 2.36 bits per heavy atom. The van der Waals surface area contributed by atoms with Crippen LogP contribution in [0, 0.1) is 0 Å².